The van der Waals surface area contributed by atoms with Gasteiger partial charge in [0.15, 0.2) is 0 Å². The molecule has 0 aliphatic carbocycles. The van der Waals surface area contributed by atoms with Crippen LogP contribution >= 0.6 is 11.6 Å². The summed E-state index contributed by atoms with van der Waals surface area (Å²) in [5.41, 5.74) is 7.27. The number of amides is 3. The lowest BCUT2D eigenvalue weighted by Gasteiger charge is -2.19. The van der Waals surface area contributed by atoms with Crippen molar-refractivity contribution in [3.8, 4) is 5.75 Å². The molecule has 0 aliphatic heterocycles. The van der Waals surface area contributed by atoms with Gasteiger partial charge in [-0.15, -0.1) is 0 Å². The molecule has 3 amide bonds. The van der Waals surface area contributed by atoms with E-state index in [-0.39, 0.29) is 12.3 Å². The van der Waals surface area contributed by atoms with Crippen LogP contribution in [0.3, 0.4) is 0 Å². The predicted octanol–water partition coefficient (Wildman–Crippen LogP) is 1.96. The molecule has 0 bridgehead atoms. The lowest BCUT2D eigenvalue weighted by Crippen LogP contribution is -2.48. The first-order chi connectivity index (χ1) is 13.4. The van der Waals surface area contributed by atoms with E-state index in [1.165, 1.54) is 0 Å². The maximum atomic E-state index is 12.3. The Morgan fingerprint density at radius 1 is 1.18 bits per heavy atom. The fourth-order valence-electron chi connectivity index (χ4n) is 2.34. The van der Waals surface area contributed by atoms with Gasteiger partial charge in [-0.3, -0.25) is 4.79 Å². The van der Waals surface area contributed by atoms with E-state index < -0.39 is 24.6 Å². The smallest absolute Gasteiger partial charge is 0.319 e. The number of carbonyl (C=O) groups excluding carboxylic acids is 2. The molecule has 0 saturated carbocycles. The Bertz CT molecular complexity index is 838. The normalized spacial score (nSPS) is 12.2. The number of aliphatic hydroxyl groups is 1. The Kier molecular flexibility index (Phi) is 7.79. The molecule has 0 heterocycles. The fraction of sp³-hybridized carbons (Fsp3) is 0.211. The predicted molar refractivity (Wildman–Crippen MR) is 108 cm³/mol. The Morgan fingerprint density at radius 3 is 2.39 bits per heavy atom. The highest BCUT2D eigenvalue weighted by Gasteiger charge is 2.18. The number of aliphatic hydroxyl groups excluding tert-OH is 1. The summed E-state index contributed by atoms with van der Waals surface area (Å²) in [7, 11) is 1.56. The molecule has 8 nitrogen and oxygen atoms in total. The number of ether oxygens (including phenoxy) is 1. The molecule has 28 heavy (non-hydrogen) atoms. The Morgan fingerprint density at radius 2 is 1.82 bits per heavy atom. The van der Waals surface area contributed by atoms with Gasteiger partial charge in [0.25, 0.3) is 5.91 Å². The van der Waals surface area contributed by atoms with E-state index >= 15 is 0 Å². The SMILES string of the molecule is COc1ccc(CC(NC(=O)Nc2ccc(Cl)cc2)/C(N)=N/C(=O)CO)cc1. The summed E-state index contributed by atoms with van der Waals surface area (Å²) in [6.45, 7) is -0.771. The van der Waals surface area contributed by atoms with Crippen molar-refractivity contribution in [3.05, 3.63) is 59.1 Å². The van der Waals surface area contributed by atoms with Crippen LogP contribution in [-0.2, 0) is 11.2 Å². The van der Waals surface area contributed by atoms with E-state index in [4.69, 9.17) is 27.2 Å². The first-order valence-corrected chi connectivity index (χ1v) is 8.73. The fourth-order valence-corrected chi connectivity index (χ4v) is 2.47. The minimum absolute atomic E-state index is 0.110. The number of carbonyl (C=O) groups is 2. The van der Waals surface area contributed by atoms with Gasteiger partial charge in [0.1, 0.15) is 18.2 Å². The second-order valence-electron chi connectivity index (χ2n) is 5.80. The van der Waals surface area contributed by atoms with Gasteiger partial charge in [-0.05, 0) is 48.4 Å². The lowest BCUT2D eigenvalue weighted by atomic mass is 10.0. The number of urea groups is 1. The maximum absolute atomic E-state index is 12.3. The summed E-state index contributed by atoms with van der Waals surface area (Å²) in [5, 5.41) is 14.8. The molecule has 0 aromatic heterocycles. The van der Waals surface area contributed by atoms with E-state index in [2.05, 4.69) is 15.6 Å². The van der Waals surface area contributed by atoms with Crippen LogP contribution in [0.25, 0.3) is 0 Å². The molecule has 0 fully saturated rings. The first-order valence-electron chi connectivity index (χ1n) is 8.35. The number of hydrogen-bond acceptors (Lipinski definition) is 4. The molecule has 148 valence electrons. The van der Waals surface area contributed by atoms with E-state index in [0.29, 0.717) is 16.5 Å². The summed E-state index contributed by atoms with van der Waals surface area (Å²) >= 11 is 5.83. The molecule has 1 atom stereocenters. The summed E-state index contributed by atoms with van der Waals surface area (Å²) in [4.78, 5) is 27.4. The Labute approximate surface area is 167 Å². The summed E-state index contributed by atoms with van der Waals surface area (Å²) in [5.74, 6) is -0.218. The average Bonchev–Trinajstić information content (AvgIpc) is 2.69. The molecule has 0 spiro atoms. The topological polar surface area (TPSA) is 126 Å². The van der Waals surface area contributed by atoms with Crippen LogP contribution in [0.2, 0.25) is 5.02 Å². The molecule has 0 aliphatic rings. The van der Waals surface area contributed by atoms with Gasteiger partial charge in [-0.25, -0.2) is 4.79 Å². The number of anilines is 1. The molecule has 5 N–H and O–H groups in total. The minimum Gasteiger partial charge on any atom is -0.497 e. The largest absolute Gasteiger partial charge is 0.497 e. The van der Waals surface area contributed by atoms with Crippen molar-refractivity contribution in [2.75, 3.05) is 19.0 Å². The molecular formula is C19H21ClN4O4. The Hall–Kier alpha value is -3.10. The number of benzene rings is 2. The van der Waals surface area contributed by atoms with Gasteiger partial charge in [0, 0.05) is 10.7 Å². The van der Waals surface area contributed by atoms with Crippen LogP contribution in [-0.4, -0.2) is 42.6 Å². The lowest BCUT2D eigenvalue weighted by molar-refractivity contribution is -0.120. The molecule has 2 aromatic carbocycles. The van der Waals surface area contributed by atoms with E-state index in [0.717, 1.165) is 5.56 Å². The number of methoxy groups -OCH3 is 1. The van der Waals surface area contributed by atoms with Crippen molar-refractivity contribution >= 4 is 35.1 Å². The second-order valence-corrected chi connectivity index (χ2v) is 6.24. The van der Waals surface area contributed by atoms with Crippen LogP contribution in [0, 0.1) is 0 Å². The number of nitrogens with one attached hydrogen (secondary N) is 2. The van der Waals surface area contributed by atoms with E-state index in [9.17, 15) is 9.59 Å². The van der Waals surface area contributed by atoms with Gasteiger partial charge in [-0.1, -0.05) is 23.7 Å². The molecule has 2 rings (SSSR count). The molecular weight excluding hydrogens is 384 g/mol. The number of rotatable bonds is 7. The Balaban J connectivity index is 2.14. The van der Waals surface area contributed by atoms with Gasteiger partial charge in [0.2, 0.25) is 0 Å². The van der Waals surface area contributed by atoms with Gasteiger partial charge >= 0.3 is 6.03 Å². The van der Waals surface area contributed by atoms with Gasteiger partial charge in [-0.2, -0.15) is 4.99 Å². The third-order valence-corrected chi connectivity index (χ3v) is 4.00. The number of aliphatic imine (C=N–C) groups is 1. The van der Waals surface area contributed by atoms with E-state index in [1.54, 1.807) is 43.5 Å². The molecule has 0 saturated heterocycles. The zero-order chi connectivity index (χ0) is 20.5. The van der Waals surface area contributed by atoms with Crippen molar-refractivity contribution in [2.24, 2.45) is 10.7 Å². The minimum atomic E-state index is -0.794. The second kappa shape index (κ2) is 10.3. The monoisotopic (exact) mass is 404 g/mol. The number of nitrogens with two attached hydrogens (primary N) is 1. The van der Waals surface area contributed by atoms with Crippen molar-refractivity contribution in [2.45, 2.75) is 12.5 Å². The summed E-state index contributed by atoms with van der Waals surface area (Å²) < 4.78 is 5.12. The van der Waals surface area contributed by atoms with Crippen LogP contribution in [0.4, 0.5) is 10.5 Å². The first kappa shape index (κ1) is 21.2. The van der Waals surface area contributed by atoms with Gasteiger partial charge < -0.3 is 26.2 Å². The number of halogens is 1. The number of nitrogens with zero attached hydrogens (tertiary/aromatic N) is 1. The van der Waals surface area contributed by atoms with Crippen molar-refractivity contribution in [3.63, 3.8) is 0 Å². The van der Waals surface area contributed by atoms with Gasteiger partial charge in [0.05, 0.1) is 13.2 Å². The quantitative estimate of drug-likeness (QED) is 0.414. The zero-order valence-corrected chi connectivity index (χ0v) is 15.9. The van der Waals surface area contributed by atoms with Crippen LogP contribution in [0.5, 0.6) is 5.75 Å². The maximum Gasteiger partial charge on any atom is 0.319 e. The van der Waals surface area contributed by atoms with E-state index in [1.807, 2.05) is 12.1 Å². The highest BCUT2D eigenvalue weighted by molar-refractivity contribution is 6.30. The van der Waals surface area contributed by atoms with Crippen molar-refractivity contribution in [1.29, 1.82) is 0 Å². The highest BCUT2D eigenvalue weighted by Crippen LogP contribution is 2.14. The zero-order valence-electron chi connectivity index (χ0n) is 15.2. The highest BCUT2D eigenvalue weighted by atomic mass is 35.5. The van der Waals surface area contributed by atoms with Crippen LogP contribution < -0.4 is 21.1 Å². The standard InChI is InChI=1S/C19H21ClN4O4/c1-28-15-8-2-12(3-9-15)10-16(18(21)24-17(26)11-25)23-19(27)22-14-6-4-13(20)5-7-14/h2-9,16,25H,10-11H2,1H3,(H2,21,24,26)(H2,22,23,27). The third-order valence-electron chi connectivity index (χ3n) is 3.75. The molecule has 9 heteroatoms. The number of hydrogen-bond donors (Lipinski definition) is 4. The van der Waals surface area contributed by atoms with Crippen LogP contribution in [0.15, 0.2) is 53.5 Å². The third kappa shape index (κ3) is 6.57. The average molecular weight is 405 g/mol. The van der Waals surface area contributed by atoms with Crippen molar-refractivity contribution < 1.29 is 19.4 Å². The molecule has 1 unspecified atom stereocenters. The van der Waals surface area contributed by atoms with Crippen LogP contribution in [0.1, 0.15) is 5.56 Å². The summed E-state index contributed by atoms with van der Waals surface area (Å²) in [6.07, 6.45) is 0.284. The number of amidine groups is 1. The summed E-state index contributed by atoms with van der Waals surface area (Å²) in [6, 6.07) is 12.4. The van der Waals surface area contributed by atoms with Crippen molar-refractivity contribution in [1.82, 2.24) is 5.32 Å². The molecule has 0 radical (unpaired) electrons. The molecule has 2 aromatic rings.